The van der Waals surface area contributed by atoms with Crippen molar-refractivity contribution in [2.75, 3.05) is 37.8 Å². The SMILES string of the molecule is CC(C)COCCOc1ccccc1N1CCC(N)CC1. The number of rotatable bonds is 7. The Hall–Kier alpha value is -1.26. The maximum Gasteiger partial charge on any atom is 0.142 e. The highest BCUT2D eigenvalue weighted by Gasteiger charge is 2.18. The molecule has 1 aromatic carbocycles. The number of nitrogens with zero attached hydrogens (tertiary/aromatic N) is 1. The van der Waals surface area contributed by atoms with Crippen LogP contribution in [-0.4, -0.2) is 39.0 Å². The first-order chi connectivity index (χ1) is 10.2. The van der Waals surface area contributed by atoms with E-state index in [-0.39, 0.29) is 0 Å². The minimum atomic E-state index is 0.346. The van der Waals surface area contributed by atoms with E-state index in [2.05, 4.69) is 30.9 Å². The third-order valence-electron chi connectivity index (χ3n) is 3.68. The van der Waals surface area contributed by atoms with Crippen LogP contribution >= 0.6 is 0 Å². The summed E-state index contributed by atoms with van der Waals surface area (Å²) in [6.45, 7) is 8.33. The van der Waals surface area contributed by atoms with Crippen molar-refractivity contribution >= 4 is 5.69 Å². The van der Waals surface area contributed by atoms with Gasteiger partial charge >= 0.3 is 0 Å². The zero-order valence-corrected chi connectivity index (χ0v) is 13.3. The van der Waals surface area contributed by atoms with Gasteiger partial charge in [0.15, 0.2) is 0 Å². The van der Waals surface area contributed by atoms with Gasteiger partial charge in [-0.2, -0.15) is 0 Å². The third kappa shape index (κ3) is 5.21. The molecular weight excluding hydrogens is 264 g/mol. The Kier molecular flexibility index (Phi) is 6.33. The second-order valence-electron chi connectivity index (χ2n) is 6.11. The lowest BCUT2D eigenvalue weighted by Crippen LogP contribution is -2.39. The van der Waals surface area contributed by atoms with Crippen LogP contribution in [-0.2, 0) is 4.74 Å². The average Bonchev–Trinajstić information content (AvgIpc) is 2.48. The van der Waals surface area contributed by atoms with E-state index in [0.29, 0.717) is 25.2 Å². The Morgan fingerprint density at radius 2 is 1.90 bits per heavy atom. The summed E-state index contributed by atoms with van der Waals surface area (Å²) in [7, 11) is 0. The lowest BCUT2D eigenvalue weighted by Gasteiger charge is -2.33. The molecule has 1 fully saturated rings. The molecule has 0 saturated carbocycles. The Labute approximate surface area is 128 Å². The maximum absolute atomic E-state index is 5.98. The zero-order chi connectivity index (χ0) is 15.1. The molecule has 1 aromatic rings. The first kappa shape index (κ1) is 16.1. The number of anilines is 1. The second-order valence-corrected chi connectivity index (χ2v) is 6.11. The zero-order valence-electron chi connectivity index (χ0n) is 13.3. The van der Waals surface area contributed by atoms with Gasteiger partial charge in [0.05, 0.1) is 12.3 Å². The number of hydrogen-bond acceptors (Lipinski definition) is 4. The largest absolute Gasteiger partial charge is 0.489 e. The van der Waals surface area contributed by atoms with Gasteiger partial charge in [0.25, 0.3) is 0 Å². The minimum Gasteiger partial charge on any atom is -0.489 e. The van der Waals surface area contributed by atoms with Crippen LogP contribution < -0.4 is 15.4 Å². The van der Waals surface area contributed by atoms with Gasteiger partial charge in [0.1, 0.15) is 12.4 Å². The predicted octanol–water partition coefficient (Wildman–Crippen LogP) is 2.67. The molecular formula is C17H28N2O2. The molecule has 0 radical (unpaired) electrons. The van der Waals surface area contributed by atoms with Crippen LogP contribution in [0.4, 0.5) is 5.69 Å². The fourth-order valence-corrected chi connectivity index (χ4v) is 2.51. The number of nitrogens with two attached hydrogens (primary N) is 1. The summed E-state index contributed by atoms with van der Waals surface area (Å²) < 4.78 is 11.5. The number of para-hydroxylation sites is 2. The fourth-order valence-electron chi connectivity index (χ4n) is 2.51. The van der Waals surface area contributed by atoms with Crippen molar-refractivity contribution in [1.82, 2.24) is 0 Å². The van der Waals surface area contributed by atoms with Crippen LogP contribution in [0, 0.1) is 5.92 Å². The van der Waals surface area contributed by atoms with Crippen molar-refractivity contribution in [1.29, 1.82) is 0 Å². The Bertz CT molecular complexity index is 415. The highest BCUT2D eigenvalue weighted by atomic mass is 16.5. The summed E-state index contributed by atoms with van der Waals surface area (Å²) in [4.78, 5) is 2.37. The lowest BCUT2D eigenvalue weighted by molar-refractivity contribution is 0.0820. The number of piperidine rings is 1. The molecule has 0 aromatic heterocycles. The normalized spacial score (nSPS) is 16.5. The molecule has 1 saturated heterocycles. The van der Waals surface area contributed by atoms with Crippen molar-refractivity contribution in [2.45, 2.75) is 32.7 Å². The van der Waals surface area contributed by atoms with E-state index in [0.717, 1.165) is 38.3 Å². The number of hydrogen-bond donors (Lipinski definition) is 1. The second kappa shape index (κ2) is 8.25. The average molecular weight is 292 g/mol. The van der Waals surface area contributed by atoms with Crippen LogP contribution in [0.15, 0.2) is 24.3 Å². The molecule has 4 heteroatoms. The van der Waals surface area contributed by atoms with Gasteiger partial charge in [-0.15, -0.1) is 0 Å². The number of ether oxygens (including phenoxy) is 2. The van der Waals surface area contributed by atoms with Gasteiger partial charge in [-0.1, -0.05) is 26.0 Å². The van der Waals surface area contributed by atoms with Crippen LogP contribution in [0.3, 0.4) is 0 Å². The molecule has 0 aliphatic carbocycles. The van der Waals surface area contributed by atoms with Gasteiger partial charge in [0, 0.05) is 25.7 Å². The quantitative estimate of drug-likeness (QED) is 0.785. The molecule has 21 heavy (non-hydrogen) atoms. The Balaban J connectivity index is 1.85. The molecule has 2 rings (SSSR count). The van der Waals surface area contributed by atoms with Crippen LogP contribution in [0.2, 0.25) is 0 Å². The monoisotopic (exact) mass is 292 g/mol. The predicted molar refractivity (Wildman–Crippen MR) is 87.0 cm³/mol. The molecule has 0 atom stereocenters. The van der Waals surface area contributed by atoms with Gasteiger partial charge in [-0.3, -0.25) is 0 Å². The Morgan fingerprint density at radius 1 is 1.19 bits per heavy atom. The van der Waals surface area contributed by atoms with E-state index < -0.39 is 0 Å². The van der Waals surface area contributed by atoms with Crippen molar-refractivity contribution < 1.29 is 9.47 Å². The molecule has 0 spiro atoms. The van der Waals surface area contributed by atoms with Crippen molar-refractivity contribution in [2.24, 2.45) is 11.7 Å². The van der Waals surface area contributed by atoms with E-state index in [4.69, 9.17) is 15.2 Å². The first-order valence-corrected chi connectivity index (χ1v) is 7.97. The van der Waals surface area contributed by atoms with Crippen molar-refractivity contribution in [3.63, 3.8) is 0 Å². The molecule has 0 amide bonds. The summed E-state index contributed by atoms with van der Waals surface area (Å²) in [5, 5.41) is 0. The summed E-state index contributed by atoms with van der Waals surface area (Å²) >= 11 is 0. The Morgan fingerprint density at radius 3 is 2.62 bits per heavy atom. The van der Waals surface area contributed by atoms with Crippen molar-refractivity contribution in [3.8, 4) is 5.75 Å². The number of benzene rings is 1. The minimum absolute atomic E-state index is 0.346. The molecule has 1 aliphatic heterocycles. The summed E-state index contributed by atoms with van der Waals surface area (Å²) in [5.41, 5.74) is 7.15. The molecule has 118 valence electrons. The third-order valence-corrected chi connectivity index (χ3v) is 3.68. The van der Waals surface area contributed by atoms with E-state index in [1.165, 1.54) is 5.69 Å². The molecule has 4 nitrogen and oxygen atoms in total. The summed E-state index contributed by atoms with van der Waals surface area (Å²) in [6, 6.07) is 8.59. The molecule has 0 bridgehead atoms. The van der Waals surface area contributed by atoms with Gasteiger partial charge in [0.2, 0.25) is 0 Å². The van der Waals surface area contributed by atoms with E-state index in [1.54, 1.807) is 0 Å². The van der Waals surface area contributed by atoms with Crippen LogP contribution in [0.1, 0.15) is 26.7 Å². The highest BCUT2D eigenvalue weighted by Crippen LogP contribution is 2.29. The van der Waals surface area contributed by atoms with E-state index in [9.17, 15) is 0 Å². The van der Waals surface area contributed by atoms with Gasteiger partial charge in [-0.05, 0) is 30.9 Å². The molecule has 1 heterocycles. The topological polar surface area (TPSA) is 47.7 Å². The molecule has 0 unspecified atom stereocenters. The highest BCUT2D eigenvalue weighted by molar-refractivity contribution is 5.58. The fraction of sp³-hybridized carbons (Fsp3) is 0.647. The smallest absolute Gasteiger partial charge is 0.142 e. The standard InChI is InChI=1S/C17H28N2O2/c1-14(2)13-20-11-12-21-17-6-4-3-5-16(17)19-9-7-15(18)8-10-19/h3-6,14-15H,7-13,18H2,1-2H3. The lowest BCUT2D eigenvalue weighted by atomic mass is 10.1. The van der Waals surface area contributed by atoms with Crippen molar-refractivity contribution in [3.05, 3.63) is 24.3 Å². The summed E-state index contributed by atoms with van der Waals surface area (Å²) in [6.07, 6.45) is 2.09. The van der Waals surface area contributed by atoms with Gasteiger partial charge in [-0.25, -0.2) is 0 Å². The summed E-state index contributed by atoms with van der Waals surface area (Å²) in [5.74, 6) is 1.51. The maximum atomic E-state index is 5.98. The first-order valence-electron chi connectivity index (χ1n) is 7.97. The van der Waals surface area contributed by atoms with Gasteiger partial charge < -0.3 is 20.1 Å². The van der Waals surface area contributed by atoms with E-state index in [1.807, 2.05) is 12.1 Å². The molecule has 1 aliphatic rings. The van der Waals surface area contributed by atoms with Crippen LogP contribution in [0.5, 0.6) is 5.75 Å². The van der Waals surface area contributed by atoms with E-state index >= 15 is 0 Å². The molecule has 2 N–H and O–H groups in total. The van der Waals surface area contributed by atoms with Crippen LogP contribution in [0.25, 0.3) is 0 Å².